The van der Waals surface area contributed by atoms with Crippen molar-refractivity contribution in [2.24, 2.45) is 0 Å². The molecule has 0 bridgehead atoms. The van der Waals surface area contributed by atoms with Crippen LogP contribution in [-0.4, -0.2) is 44.2 Å². The van der Waals surface area contributed by atoms with Crippen molar-refractivity contribution in [3.63, 3.8) is 0 Å². The average Bonchev–Trinajstić information content (AvgIpc) is 3.22. The number of carbonyl (C=O) groups excluding carboxylic acids is 2. The van der Waals surface area contributed by atoms with Crippen LogP contribution in [0.2, 0.25) is 0 Å². The second kappa shape index (κ2) is 9.29. The molecule has 2 heterocycles. The number of carbonyl (C=O) groups is 2. The summed E-state index contributed by atoms with van der Waals surface area (Å²) in [6, 6.07) is 10.1. The monoisotopic (exact) mass is 399 g/mol. The molecule has 3 rings (SSSR count). The van der Waals surface area contributed by atoms with Gasteiger partial charge >= 0.3 is 12.0 Å². The Bertz CT molecular complexity index is 891. The molecular weight excluding hydrogens is 374 g/mol. The molecule has 8 nitrogen and oxygen atoms in total. The maximum Gasteiger partial charge on any atom is 0.338 e. The van der Waals surface area contributed by atoms with Gasteiger partial charge in [0, 0.05) is 18.8 Å². The van der Waals surface area contributed by atoms with Crippen molar-refractivity contribution < 1.29 is 23.5 Å². The number of hydrogen-bond donors (Lipinski definition) is 2. The second-order valence-corrected chi connectivity index (χ2v) is 6.68. The lowest BCUT2D eigenvalue weighted by atomic mass is 10.00. The van der Waals surface area contributed by atoms with Gasteiger partial charge in [-0.2, -0.15) is 0 Å². The molecule has 1 aliphatic rings. The average molecular weight is 399 g/mol. The highest BCUT2D eigenvalue weighted by Gasteiger charge is 2.35. The van der Waals surface area contributed by atoms with Gasteiger partial charge in [0.25, 0.3) is 0 Å². The minimum absolute atomic E-state index is 0.230. The molecule has 1 aliphatic heterocycles. The van der Waals surface area contributed by atoms with Gasteiger partial charge in [0.05, 0.1) is 25.6 Å². The van der Waals surface area contributed by atoms with Crippen LogP contribution in [0.1, 0.15) is 24.3 Å². The number of methoxy groups -OCH3 is 1. The zero-order valence-electron chi connectivity index (χ0n) is 16.7. The van der Waals surface area contributed by atoms with Gasteiger partial charge in [-0.3, -0.25) is 4.90 Å². The van der Waals surface area contributed by atoms with E-state index in [-0.39, 0.29) is 6.61 Å². The number of urea groups is 1. The highest BCUT2D eigenvalue weighted by molar-refractivity contribution is 5.95. The van der Waals surface area contributed by atoms with Crippen LogP contribution in [0.3, 0.4) is 0 Å². The Morgan fingerprint density at radius 3 is 2.76 bits per heavy atom. The number of ether oxygens (including phenoxy) is 2. The lowest BCUT2D eigenvalue weighted by Gasteiger charge is -2.30. The number of furan rings is 1. The topological polar surface area (TPSA) is 93.0 Å². The van der Waals surface area contributed by atoms with Gasteiger partial charge in [-0.25, -0.2) is 9.59 Å². The molecule has 0 aliphatic carbocycles. The number of amides is 2. The maximum absolute atomic E-state index is 12.7. The number of likely N-dealkylation sites (N-methyl/N-ethyl adjacent to an activating group) is 1. The molecule has 0 fully saturated rings. The van der Waals surface area contributed by atoms with E-state index in [2.05, 4.69) is 10.6 Å². The van der Waals surface area contributed by atoms with Gasteiger partial charge < -0.3 is 24.5 Å². The summed E-state index contributed by atoms with van der Waals surface area (Å²) in [5.41, 5.74) is 1.87. The van der Waals surface area contributed by atoms with E-state index >= 15 is 0 Å². The lowest BCUT2D eigenvalue weighted by molar-refractivity contribution is -0.139. The molecule has 2 aromatic rings. The normalized spacial score (nSPS) is 16.4. The van der Waals surface area contributed by atoms with E-state index in [1.54, 1.807) is 26.2 Å². The molecule has 8 heteroatoms. The Morgan fingerprint density at radius 2 is 2.07 bits per heavy atom. The van der Waals surface area contributed by atoms with Gasteiger partial charge in [-0.05, 0) is 43.8 Å². The van der Waals surface area contributed by atoms with Crippen molar-refractivity contribution in [1.82, 2.24) is 15.5 Å². The summed E-state index contributed by atoms with van der Waals surface area (Å²) in [6.45, 7) is 2.92. The van der Waals surface area contributed by atoms with Crippen LogP contribution in [0.4, 0.5) is 4.79 Å². The van der Waals surface area contributed by atoms with Gasteiger partial charge in [0.15, 0.2) is 0 Å². The lowest BCUT2D eigenvalue weighted by Crippen LogP contribution is -2.48. The summed E-state index contributed by atoms with van der Waals surface area (Å²) in [7, 11) is 3.53. The quantitative estimate of drug-likeness (QED) is 0.663. The molecule has 0 saturated carbocycles. The molecule has 0 unspecified atom stereocenters. The Balaban J connectivity index is 1.87. The summed E-state index contributed by atoms with van der Waals surface area (Å²) in [5, 5.41) is 5.50. The largest absolute Gasteiger partial charge is 0.497 e. The van der Waals surface area contributed by atoms with E-state index in [9.17, 15) is 9.59 Å². The highest BCUT2D eigenvalue weighted by atomic mass is 16.5. The smallest absolute Gasteiger partial charge is 0.338 e. The molecule has 2 N–H and O–H groups in total. The Kier molecular flexibility index (Phi) is 6.56. The van der Waals surface area contributed by atoms with E-state index in [0.29, 0.717) is 30.1 Å². The van der Waals surface area contributed by atoms with E-state index in [0.717, 1.165) is 11.3 Å². The fourth-order valence-corrected chi connectivity index (χ4v) is 3.27. The van der Waals surface area contributed by atoms with E-state index in [1.807, 2.05) is 36.2 Å². The first-order chi connectivity index (χ1) is 14.0. The predicted octanol–water partition coefficient (Wildman–Crippen LogP) is 2.59. The fraction of sp³-hybridized carbons (Fsp3) is 0.333. The molecule has 154 valence electrons. The first kappa shape index (κ1) is 20.5. The molecule has 0 saturated heterocycles. The van der Waals surface area contributed by atoms with Crippen molar-refractivity contribution in [3.05, 3.63) is 65.3 Å². The summed E-state index contributed by atoms with van der Waals surface area (Å²) in [6.07, 6.45) is 1.50. The summed E-state index contributed by atoms with van der Waals surface area (Å²) in [5.74, 6) is 0.748. The molecule has 1 aromatic heterocycles. The molecule has 0 radical (unpaired) electrons. The second-order valence-electron chi connectivity index (χ2n) is 6.68. The zero-order valence-corrected chi connectivity index (χ0v) is 16.7. The Morgan fingerprint density at radius 1 is 1.24 bits per heavy atom. The van der Waals surface area contributed by atoms with Gasteiger partial charge in [0.2, 0.25) is 0 Å². The van der Waals surface area contributed by atoms with E-state index in [4.69, 9.17) is 13.9 Å². The molecule has 29 heavy (non-hydrogen) atoms. The van der Waals surface area contributed by atoms with Crippen molar-refractivity contribution in [2.45, 2.75) is 19.5 Å². The predicted molar refractivity (Wildman–Crippen MR) is 106 cm³/mol. The van der Waals surface area contributed by atoms with Crippen LogP contribution in [0.5, 0.6) is 5.75 Å². The third-order valence-electron chi connectivity index (χ3n) is 4.49. The number of rotatable bonds is 8. The number of nitrogens with zero attached hydrogens (tertiary/aromatic N) is 1. The van der Waals surface area contributed by atoms with Crippen LogP contribution < -0.4 is 15.4 Å². The van der Waals surface area contributed by atoms with E-state index < -0.39 is 18.0 Å². The highest BCUT2D eigenvalue weighted by Crippen LogP contribution is 2.28. The molecule has 1 aromatic carbocycles. The van der Waals surface area contributed by atoms with Crippen LogP contribution in [0, 0.1) is 0 Å². The first-order valence-corrected chi connectivity index (χ1v) is 9.34. The molecule has 1 atom stereocenters. The maximum atomic E-state index is 12.7. The SMILES string of the molecule is CCOC(=O)C1=C(CN(C)Cc2cccc(OC)c2)NC(=O)N[C@H]1c1ccco1. The van der Waals surface area contributed by atoms with Crippen LogP contribution in [0.25, 0.3) is 0 Å². The molecule has 0 spiro atoms. The summed E-state index contributed by atoms with van der Waals surface area (Å²) in [4.78, 5) is 26.9. The Labute approximate surface area is 169 Å². The van der Waals surface area contributed by atoms with Crippen LogP contribution in [-0.2, 0) is 16.1 Å². The summed E-state index contributed by atoms with van der Waals surface area (Å²) >= 11 is 0. The third-order valence-corrected chi connectivity index (χ3v) is 4.49. The number of benzene rings is 1. The van der Waals surface area contributed by atoms with Gasteiger partial charge in [0.1, 0.15) is 17.6 Å². The van der Waals surface area contributed by atoms with Crippen molar-refractivity contribution in [2.75, 3.05) is 27.3 Å². The van der Waals surface area contributed by atoms with Crippen molar-refractivity contribution >= 4 is 12.0 Å². The van der Waals surface area contributed by atoms with Gasteiger partial charge in [-0.15, -0.1) is 0 Å². The first-order valence-electron chi connectivity index (χ1n) is 9.34. The molecule has 2 amide bonds. The fourth-order valence-electron chi connectivity index (χ4n) is 3.27. The number of nitrogens with one attached hydrogen (secondary N) is 2. The van der Waals surface area contributed by atoms with Crippen LogP contribution in [0.15, 0.2) is 58.3 Å². The van der Waals surface area contributed by atoms with Crippen LogP contribution >= 0.6 is 0 Å². The minimum atomic E-state index is -0.710. The third kappa shape index (κ3) is 4.97. The zero-order chi connectivity index (χ0) is 20.8. The van der Waals surface area contributed by atoms with Crippen molar-refractivity contribution in [1.29, 1.82) is 0 Å². The minimum Gasteiger partial charge on any atom is -0.497 e. The number of hydrogen-bond acceptors (Lipinski definition) is 6. The van der Waals surface area contributed by atoms with Crippen molar-refractivity contribution in [3.8, 4) is 5.75 Å². The van der Waals surface area contributed by atoms with Gasteiger partial charge in [-0.1, -0.05) is 12.1 Å². The number of esters is 1. The molecular formula is C21H25N3O5. The van der Waals surface area contributed by atoms with E-state index in [1.165, 1.54) is 6.26 Å². The standard InChI is InChI=1S/C21H25N3O5/c1-4-28-20(25)18-16(22-21(26)23-19(18)17-9-6-10-29-17)13-24(2)12-14-7-5-8-15(11-14)27-3/h5-11,19H,4,12-13H2,1-3H3,(H2,22,23,26)/t19-/m0/s1. The summed E-state index contributed by atoms with van der Waals surface area (Å²) < 4.78 is 15.9. The Hall–Kier alpha value is -3.26.